The largest absolute Gasteiger partial charge is 0.334 e. The molecule has 26 heavy (non-hydrogen) atoms. The van der Waals surface area contributed by atoms with Crippen molar-refractivity contribution < 1.29 is 9.36 Å². The summed E-state index contributed by atoms with van der Waals surface area (Å²) >= 11 is 0. The predicted molar refractivity (Wildman–Crippen MR) is 109 cm³/mol. The lowest BCUT2D eigenvalue weighted by atomic mass is 10.3. The number of benzene rings is 3. The highest BCUT2D eigenvalue weighted by atomic mass is 32.1. The molecule has 4 nitrogen and oxygen atoms in total. The van der Waals surface area contributed by atoms with E-state index in [0.29, 0.717) is 5.30 Å². The van der Waals surface area contributed by atoms with Gasteiger partial charge in [-0.1, -0.05) is 66.7 Å². The van der Waals surface area contributed by atoms with Crippen LogP contribution in [0.25, 0.3) is 0 Å². The van der Waals surface area contributed by atoms with Gasteiger partial charge in [0.25, 0.3) is 0 Å². The van der Waals surface area contributed by atoms with Gasteiger partial charge < -0.3 is 0 Å². The molecule has 0 saturated carbocycles. The van der Waals surface area contributed by atoms with Crippen LogP contribution in [0.2, 0.25) is 0 Å². The third-order valence-corrected chi connectivity index (χ3v) is 12.7. The Labute approximate surface area is 154 Å². The van der Waals surface area contributed by atoms with Crippen LogP contribution in [0, 0.1) is 0 Å². The van der Waals surface area contributed by atoms with Crippen molar-refractivity contribution in [2.45, 2.75) is 0 Å². The Hall–Kier alpha value is -2.41. The van der Waals surface area contributed by atoms with Crippen molar-refractivity contribution >= 4 is 37.1 Å². The lowest BCUT2D eigenvalue weighted by Crippen LogP contribution is -2.28. The molecule has 2 atom stereocenters. The van der Waals surface area contributed by atoms with Gasteiger partial charge in [0.1, 0.15) is 7.76 Å². The van der Waals surface area contributed by atoms with E-state index in [2.05, 4.69) is 0 Å². The van der Waals surface area contributed by atoms with Crippen molar-refractivity contribution in [2.75, 3.05) is 11.7 Å². The fourth-order valence-corrected chi connectivity index (χ4v) is 11.4. The molecule has 6 heteroatoms. The Morgan fingerprint density at radius 2 is 1.27 bits per heavy atom. The van der Waals surface area contributed by atoms with E-state index in [-0.39, 0.29) is 6.03 Å². The molecule has 1 fully saturated rings. The Balaban J connectivity index is 1.96. The summed E-state index contributed by atoms with van der Waals surface area (Å²) in [5.74, 6) is 0. The number of hydrogen-bond donors (Lipinski definition) is 0. The van der Waals surface area contributed by atoms with Crippen molar-refractivity contribution in [1.29, 1.82) is 0 Å². The Bertz CT molecular complexity index is 965. The summed E-state index contributed by atoms with van der Waals surface area (Å²) in [4.78, 5) is 13.2. The van der Waals surface area contributed by atoms with E-state index in [1.54, 1.807) is 11.7 Å². The lowest BCUT2D eigenvalue weighted by molar-refractivity contribution is 0.239. The molecule has 1 aliphatic rings. The summed E-state index contributed by atoms with van der Waals surface area (Å²) in [6.07, 6.45) is 0. The number of carbonyl (C=O) groups excluding carboxylic acids is 1. The van der Waals surface area contributed by atoms with Crippen LogP contribution in [-0.2, 0) is 4.57 Å². The molecule has 0 radical (unpaired) electrons. The number of urea groups is 1. The van der Waals surface area contributed by atoms with Gasteiger partial charge in [0.2, 0.25) is 6.98 Å². The van der Waals surface area contributed by atoms with Crippen LogP contribution < -0.4 is 15.3 Å². The zero-order valence-corrected chi connectivity index (χ0v) is 16.1. The first-order valence-electron chi connectivity index (χ1n) is 8.28. The zero-order valence-electron chi connectivity index (χ0n) is 14.3. The average Bonchev–Trinajstić information content (AvgIpc) is 2.92. The second-order valence-electron chi connectivity index (χ2n) is 5.96. The number of anilines is 1. The van der Waals surface area contributed by atoms with Crippen LogP contribution in [-0.4, -0.2) is 17.7 Å². The summed E-state index contributed by atoms with van der Waals surface area (Å²) < 4.78 is 17.5. The number of nitrogens with zero attached hydrogens (tertiary/aromatic N) is 2. The minimum Gasteiger partial charge on any atom is -0.288 e. The molecule has 1 aliphatic heterocycles. The molecule has 0 aromatic heterocycles. The van der Waals surface area contributed by atoms with Crippen LogP contribution in [0.3, 0.4) is 0 Å². The first-order chi connectivity index (χ1) is 12.6. The van der Waals surface area contributed by atoms with Crippen molar-refractivity contribution in [3.63, 3.8) is 0 Å². The molecule has 3 aromatic carbocycles. The molecule has 3 aromatic rings. The first-order valence-corrected chi connectivity index (χ1v) is 11.9. The van der Waals surface area contributed by atoms with Gasteiger partial charge in [-0.3, -0.25) is 13.9 Å². The summed E-state index contributed by atoms with van der Waals surface area (Å²) in [5, 5.41) is 1.64. The highest BCUT2D eigenvalue weighted by Gasteiger charge is 2.55. The van der Waals surface area contributed by atoms with E-state index in [1.165, 1.54) is 4.67 Å². The number of rotatable bonds is 3. The maximum absolute atomic E-state index is 14.4. The Morgan fingerprint density at radius 3 is 1.85 bits per heavy atom. The van der Waals surface area contributed by atoms with Gasteiger partial charge in [-0.2, -0.15) is 0 Å². The topological polar surface area (TPSA) is 40.6 Å². The SMILES string of the molecule is CN1C(=O)N(c2ccccc2)P(c2ccccc2)P1(=O)c1ccccc1. The maximum Gasteiger partial charge on any atom is 0.334 e. The van der Waals surface area contributed by atoms with Crippen LogP contribution in [0.4, 0.5) is 10.5 Å². The first kappa shape index (κ1) is 17.0. The second-order valence-corrected chi connectivity index (χ2v) is 12.4. The van der Waals surface area contributed by atoms with Crippen LogP contribution in [0.1, 0.15) is 0 Å². The standard InChI is InChI=1S/C20H18N2O2P2/c1-21-20(23)22(17-11-5-2-6-12-17)25(18-13-7-3-8-14-18)26(21,24)19-15-9-4-10-16-19/h2-16H,1H3. The molecule has 0 N–H and O–H groups in total. The normalized spacial score (nSPS) is 22.7. The number of hydrogen-bond acceptors (Lipinski definition) is 2. The van der Waals surface area contributed by atoms with Gasteiger partial charge in [0.05, 0.1) is 5.69 Å². The molecule has 1 heterocycles. The van der Waals surface area contributed by atoms with Crippen LogP contribution in [0.5, 0.6) is 0 Å². The van der Waals surface area contributed by atoms with Gasteiger partial charge >= 0.3 is 6.03 Å². The molecular weight excluding hydrogens is 362 g/mol. The fourth-order valence-electron chi connectivity index (χ4n) is 3.11. The summed E-state index contributed by atoms with van der Waals surface area (Å²) in [6, 6.07) is 28.3. The van der Waals surface area contributed by atoms with Gasteiger partial charge in [-0.25, -0.2) is 4.79 Å². The third kappa shape index (κ3) is 2.58. The Morgan fingerprint density at radius 1 is 0.769 bits per heavy atom. The van der Waals surface area contributed by atoms with E-state index in [9.17, 15) is 9.36 Å². The summed E-state index contributed by atoms with van der Waals surface area (Å²) in [5.41, 5.74) is 0.771. The van der Waals surface area contributed by atoms with Crippen molar-refractivity contribution in [1.82, 2.24) is 4.67 Å². The Kier molecular flexibility index (Phi) is 4.40. The summed E-state index contributed by atoms with van der Waals surface area (Å²) in [7, 11) is 0.235. The molecule has 1 saturated heterocycles. The minimum absolute atomic E-state index is 0.224. The number of para-hydroxylation sites is 1. The zero-order chi connectivity index (χ0) is 18.1. The van der Waals surface area contributed by atoms with E-state index < -0.39 is 14.7 Å². The minimum atomic E-state index is -3.15. The van der Waals surface area contributed by atoms with Gasteiger partial charge in [-0.15, -0.1) is 0 Å². The predicted octanol–water partition coefficient (Wildman–Crippen LogP) is 4.80. The smallest absolute Gasteiger partial charge is 0.288 e. The van der Waals surface area contributed by atoms with E-state index in [0.717, 1.165) is 11.0 Å². The molecule has 0 aliphatic carbocycles. The maximum atomic E-state index is 14.4. The second kappa shape index (κ2) is 6.72. The van der Waals surface area contributed by atoms with Gasteiger partial charge in [-0.05, 0) is 24.3 Å². The van der Waals surface area contributed by atoms with Crippen molar-refractivity contribution in [3.8, 4) is 0 Å². The van der Waals surface area contributed by atoms with Crippen molar-refractivity contribution in [2.24, 2.45) is 0 Å². The third-order valence-electron chi connectivity index (χ3n) is 4.39. The molecule has 0 bridgehead atoms. The van der Waals surface area contributed by atoms with Gasteiger partial charge in [0, 0.05) is 17.7 Å². The molecule has 0 spiro atoms. The van der Waals surface area contributed by atoms with Crippen LogP contribution in [0.15, 0.2) is 91.0 Å². The lowest BCUT2D eigenvalue weighted by Gasteiger charge is -2.27. The molecule has 4 rings (SSSR count). The molecule has 2 unspecified atom stereocenters. The van der Waals surface area contributed by atoms with E-state index in [1.807, 2.05) is 91.0 Å². The quantitative estimate of drug-likeness (QED) is 0.613. The summed E-state index contributed by atoms with van der Waals surface area (Å²) in [6.45, 7) is -3.15. The fraction of sp³-hybridized carbons (Fsp3) is 0.0500. The average molecular weight is 380 g/mol. The van der Waals surface area contributed by atoms with Gasteiger partial charge in [0.15, 0.2) is 0 Å². The van der Waals surface area contributed by atoms with E-state index >= 15 is 0 Å². The molecule has 130 valence electrons. The number of carbonyl (C=O) groups is 1. The van der Waals surface area contributed by atoms with Crippen molar-refractivity contribution in [3.05, 3.63) is 91.0 Å². The molecule has 2 amide bonds. The highest BCUT2D eigenvalue weighted by molar-refractivity contribution is 8.39. The number of amides is 2. The highest BCUT2D eigenvalue weighted by Crippen LogP contribution is 2.81. The van der Waals surface area contributed by atoms with E-state index in [4.69, 9.17) is 0 Å². The van der Waals surface area contributed by atoms with Crippen LogP contribution >= 0.6 is 14.7 Å². The molecular formula is C20H18N2O2P2. The monoisotopic (exact) mass is 380 g/mol.